The van der Waals surface area contributed by atoms with E-state index in [-0.39, 0.29) is 0 Å². The summed E-state index contributed by atoms with van der Waals surface area (Å²) in [7, 11) is 0. The highest BCUT2D eigenvalue weighted by atomic mass is 16.3. The Morgan fingerprint density at radius 3 is 2.80 bits per heavy atom. The van der Waals surface area contributed by atoms with Gasteiger partial charge < -0.3 is 15.7 Å². The van der Waals surface area contributed by atoms with Crippen LogP contribution in [0.1, 0.15) is 30.9 Å². The van der Waals surface area contributed by atoms with Gasteiger partial charge in [0, 0.05) is 32.2 Å². The van der Waals surface area contributed by atoms with Crippen LogP contribution in [0.5, 0.6) is 0 Å². The molecule has 5 nitrogen and oxygen atoms in total. The largest absolute Gasteiger partial charge is 0.390 e. The summed E-state index contributed by atoms with van der Waals surface area (Å²) in [6, 6.07) is 9.02. The van der Waals surface area contributed by atoms with Gasteiger partial charge in [0.2, 0.25) is 0 Å². The van der Waals surface area contributed by atoms with Gasteiger partial charge in [0.15, 0.2) is 5.96 Å². The molecule has 1 atom stereocenters. The molecule has 1 aliphatic carbocycles. The first-order valence-corrected chi connectivity index (χ1v) is 9.41. The highest BCUT2D eigenvalue weighted by Gasteiger charge is 2.18. The van der Waals surface area contributed by atoms with Gasteiger partial charge in [0.25, 0.3) is 0 Å². The molecule has 25 heavy (non-hydrogen) atoms. The Labute approximate surface area is 150 Å². The zero-order valence-corrected chi connectivity index (χ0v) is 15.1. The predicted octanol–water partition coefficient (Wildman–Crippen LogP) is 1.68. The van der Waals surface area contributed by atoms with Crippen molar-refractivity contribution < 1.29 is 5.11 Å². The van der Waals surface area contributed by atoms with Gasteiger partial charge in [-0.25, -0.2) is 0 Å². The van der Waals surface area contributed by atoms with E-state index < -0.39 is 6.10 Å². The molecular formula is C20H30N4O. The van der Waals surface area contributed by atoms with Crippen molar-refractivity contribution in [2.24, 2.45) is 4.99 Å². The molecule has 1 aromatic carbocycles. The van der Waals surface area contributed by atoms with E-state index in [2.05, 4.69) is 63.9 Å². The quantitative estimate of drug-likeness (QED) is 0.418. The Balaban J connectivity index is 1.48. The molecule has 0 spiro atoms. The molecular weight excluding hydrogens is 312 g/mol. The first kappa shape index (κ1) is 18.0. The maximum atomic E-state index is 10.4. The Bertz CT molecular complexity index is 605. The monoisotopic (exact) mass is 342 g/mol. The summed E-state index contributed by atoms with van der Waals surface area (Å²) in [6.45, 7) is 5.90. The molecule has 0 saturated carbocycles. The summed E-state index contributed by atoms with van der Waals surface area (Å²) in [5.41, 5.74) is 2.82. The minimum atomic E-state index is -0.442. The van der Waals surface area contributed by atoms with Gasteiger partial charge in [-0.3, -0.25) is 9.89 Å². The van der Waals surface area contributed by atoms with Crippen molar-refractivity contribution in [3.63, 3.8) is 0 Å². The number of aliphatic hydroxyl groups is 1. The van der Waals surface area contributed by atoms with Crippen molar-refractivity contribution in [3.8, 4) is 0 Å². The number of hydrogen-bond donors (Lipinski definition) is 3. The van der Waals surface area contributed by atoms with Gasteiger partial charge in [-0.2, -0.15) is 0 Å². The number of hydrogen-bond acceptors (Lipinski definition) is 3. The van der Waals surface area contributed by atoms with Crippen molar-refractivity contribution in [1.82, 2.24) is 15.5 Å². The topological polar surface area (TPSA) is 59.9 Å². The number of fused-ring (bicyclic) bond motifs is 1. The second kappa shape index (κ2) is 9.02. The number of nitrogens with zero attached hydrogens (tertiary/aromatic N) is 2. The Morgan fingerprint density at radius 1 is 1.28 bits per heavy atom. The molecule has 0 bridgehead atoms. The van der Waals surface area contributed by atoms with E-state index in [1.807, 2.05) is 0 Å². The third-order valence-corrected chi connectivity index (χ3v) is 4.83. The van der Waals surface area contributed by atoms with Crippen LogP contribution in [0.4, 0.5) is 0 Å². The minimum Gasteiger partial charge on any atom is -0.390 e. The maximum Gasteiger partial charge on any atom is 0.191 e. The lowest BCUT2D eigenvalue weighted by Crippen LogP contribution is -2.43. The van der Waals surface area contributed by atoms with Crippen LogP contribution in [-0.2, 0) is 13.0 Å². The van der Waals surface area contributed by atoms with Crippen molar-refractivity contribution in [1.29, 1.82) is 0 Å². The van der Waals surface area contributed by atoms with E-state index in [1.165, 1.54) is 11.1 Å². The van der Waals surface area contributed by atoms with Crippen LogP contribution in [-0.4, -0.2) is 54.3 Å². The molecule has 1 aliphatic heterocycles. The number of rotatable bonds is 6. The number of β-amino-alcohol motifs (C(OH)–C–C–N with tert-alkyl or cyclic N) is 1. The lowest BCUT2D eigenvalue weighted by atomic mass is 10.00. The van der Waals surface area contributed by atoms with Crippen LogP contribution >= 0.6 is 0 Å². The maximum absolute atomic E-state index is 10.4. The molecule has 0 fully saturated rings. The Kier molecular flexibility index (Phi) is 6.48. The summed E-state index contributed by atoms with van der Waals surface area (Å²) >= 11 is 0. The number of aliphatic hydroxyl groups excluding tert-OH is 1. The first-order chi connectivity index (χ1) is 12.2. The fraction of sp³-hybridized carbons (Fsp3) is 0.550. The molecule has 3 N–H and O–H groups in total. The molecule has 0 saturated heterocycles. The van der Waals surface area contributed by atoms with Crippen LogP contribution < -0.4 is 10.6 Å². The molecule has 136 valence electrons. The molecule has 0 amide bonds. The van der Waals surface area contributed by atoms with Crippen LogP contribution in [0.15, 0.2) is 41.4 Å². The normalized spacial score (nSPS) is 19.7. The van der Waals surface area contributed by atoms with Gasteiger partial charge in [0.05, 0.1) is 12.6 Å². The average Bonchev–Trinajstić information content (AvgIpc) is 3.13. The van der Waals surface area contributed by atoms with Crippen molar-refractivity contribution in [2.75, 3.05) is 26.2 Å². The number of benzene rings is 1. The van der Waals surface area contributed by atoms with Crippen LogP contribution in [0.2, 0.25) is 0 Å². The van der Waals surface area contributed by atoms with E-state index in [1.54, 1.807) is 0 Å². The van der Waals surface area contributed by atoms with Crippen LogP contribution in [0.3, 0.4) is 0 Å². The minimum absolute atomic E-state index is 0.424. The summed E-state index contributed by atoms with van der Waals surface area (Å²) in [5, 5.41) is 17.1. The predicted molar refractivity (Wildman–Crippen MR) is 103 cm³/mol. The summed E-state index contributed by atoms with van der Waals surface area (Å²) in [4.78, 5) is 6.90. The van der Waals surface area contributed by atoms with Gasteiger partial charge in [-0.1, -0.05) is 36.4 Å². The Morgan fingerprint density at radius 2 is 2.04 bits per heavy atom. The molecule has 5 heteroatoms. The fourth-order valence-corrected chi connectivity index (χ4v) is 3.51. The second-order valence-electron chi connectivity index (χ2n) is 6.91. The summed E-state index contributed by atoms with van der Waals surface area (Å²) in [6.07, 6.45) is 7.10. The van der Waals surface area contributed by atoms with E-state index in [0.29, 0.717) is 19.1 Å². The summed E-state index contributed by atoms with van der Waals surface area (Å²) in [5.74, 6) is 0.805. The third kappa shape index (κ3) is 5.31. The van der Waals surface area contributed by atoms with Gasteiger partial charge in [0.1, 0.15) is 0 Å². The first-order valence-electron chi connectivity index (χ1n) is 9.41. The number of nitrogens with one attached hydrogen (secondary N) is 2. The molecule has 1 heterocycles. The smallest absolute Gasteiger partial charge is 0.191 e. The zero-order chi connectivity index (χ0) is 17.5. The van der Waals surface area contributed by atoms with Crippen LogP contribution in [0, 0.1) is 0 Å². The molecule has 3 rings (SSSR count). The molecule has 1 unspecified atom stereocenters. The lowest BCUT2D eigenvalue weighted by Gasteiger charge is -2.30. The standard InChI is InChI=1S/C20H30N4O/c1-2-21-20(23-18-9-5-6-10-18)22-13-19(25)15-24-12-11-16-7-3-4-8-17(16)14-24/h3-8,18-19,25H,2,9-15H2,1H3,(H2,21,22,23). The number of aliphatic imine (C=N–C) groups is 1. The van der Waals surface area contributed by atoms with Crippen molar-refractivity contribution in [3.05, 3.63) is 47.5 Å². The van der Waals surface area contributed by atoms with Crippen molar-refractivity contribution >= 4 is 5.96 Å². The van der Waals surface area contributed by atoms with Gasteiger partial charge in [-0.05, 0) is 37.3 Å². The van der Waals surface area contributed by atoms with E-state index in [0.717, 1.165) is 44.9 Å². The van der Waals surface area contributed by atoms with E-state index in [4.69, 9.17) is 0 Å². The highest BCUT2D eigenvalue weighted by molar-refractivity contribution is 5.80. The fourth-order valence-electron chi connectivity index (χ4n) is 3.51. The van der Waals surface area contributed by atoms with Gasteiger partial charge >= 0.3 is 0 Å². The second-order valence-corrected chi connectivity index (χ2v) is 6.91. The van der Waals surface area contributed by atoms with E-state index >= 15 is 0 Å². The summed E-state index contributed by atoms with van der Waals surface area (Å²) < 4.78 is 0. The highest BCUT2D eigenvalue weighted by Crippen LogP contribution is 2.18. The SMILES string of the molecule is CCNC(=NCC(O)CN1CCc2ccccc2C1)NC1CC=CC1. The zero-order valence-electron chi connectivity index (χ0n) is 15.1. The number of guanidine groups is 1. The molecule has 2 aliphatic rings. The lowest BCUT2D eigenvalue weighted by molar-refractivity contribution is 0.111. The third-order valence-electron chi connectivity index (χ3n) is 4.83. The van der Waals surface area contributed by atoms with Gasteiger partial charge in [-0.15, -0.1) is 0 Å². The molecule has 1 aromatic rings. The van der Waals surface area contributed by atoms with Crippen molar-refractivity contribution in [2.45, 2.75) is 44.9 Å². The molecule has 0 aromatic heterocycles. The van der Waals surface area contributed by atoms with E-state index in [9.17, 15) is 5.11 Å². The average molecular weight is 342 g/mol. The van der Waals surface area contributed by atoms with Crippen LogP contribution in [0.25, 0.3) is 0 Å². The molecule has 0 radical (unpaired) electrons. The Hall–Kier alpha value is -1.85.